The van der Waals surface area contributed by atoms with Gasteiger partial charge in [-0.15, -0.1) is 0 Å². The van der Waals surface area contributed by atoms with Crippen molar-refractivity contribution in [3.63, 3.8) is 0 Å². The first-order valence-electron chi connectivity index (χ1n) is 9.96. The summed E-state index contributed by atoms with van der Waals surface area (Å²) in [7, 11) is 0. The van der Waals surface area contributed by atoms with Crippen molar-refractivity contribution in [2.45, 2.75) is 12.1 Å². The number of aromatic nitrogens is 1. The first-order chi connectivity index (χ1) is 15.9. The lowest BCUT2D eigenvalue weighted by molar-refractivity contribution is 0.434. The maximum atomic E-state index is 10.6. The van der Waals surface area contributed by atoms with Gasteiger partial charge in [0, 0.05) is 16.8 Å². The van der Waals surface area contributed by atoms with Crippen molar-refractivity contribution in [2.24, 2.45) is 0 Å². The van der Waals surface area contributed by atoms with Gasteiger partial charge in [0.1, 0.15) is 23.3 Å². The molecule has 0 unspecified atom stereocenters. The van der Waals surface area contributed by atoms with Crippen LogP contribution in [0, 0.1) is 0 Å². The maximum absolute atomic E-state index is 10.6. The predicted octanol–water partition coefficient (Wildman–Crippen LogP) is 7.18. The predicted molar refractivity (Wildman–Crippen MR) is 135 cm³/mol. The maximum Gasteiger partial charge on any atom is 0.174 e. The van der Waals surface area contributed by atoms with Crippen molar-refractivity contribution >= 4 is 57.8 Å². The minimum Gasteiger partial charge on any atom is -0.506 e. The van der Waals surface area contributed by atoms with Crippen LogP contribution < -0.4 is 10.2 Å². The molecule has 2 aromatic heterocycles. The second-order valence-electron chi connectivity index (χ2n) is 7.46. The van der Waals surface area contributed by atoms with Gasteiger partial charge < -0.3 is 19.7 Å². The SMILES string of the molecule is Oc1ccc(Cl)cc1N1C(=S)N[C@H](c2ccccn2)[C@@H]1c1ccc(-c2ccc(Cl)c(Cl)c2)o1. The summed E-state index contributed by atoms with van der Waals surface area (Å²) < 4.78 is 6.28. The van der Waals surface area contributed by atoms with E-state index in [9.17, 15) is 5.11 Å². The van der Waals surface area contributed by atoms with Gasteiger partial charge in [0.2, 0.25) is 0 Å². The van der Waals surface area contributed by atoms with Gasteiger partial charge in [-0.1, -0.05) is 40.9 Å². The molecule has 2 aromatic carbocycles. The second kappa shape index (κ2) is 8.88. The molecule has 0 radical (unpaired) electrons. The number of halogens is 3. The minimum atomic E-state index is -0.437. The number of rotatable bonds is 4. The number of hydrogen-bond donors (Lipinski definition) is 2. The minimum absolute atomic E-state index is 0.0477. The molecule has 0 saturated carbocycles. The largest absolute Gasteiger partial charge is 0.506 e. The molecule has 5 nitrogen and oxygen atoms in total. The van der Waals surface area contributed by atoms with Crippen LogP contribution in [0.5, 0.6) is 5.75 Å². The molecule has 1 aliphatic heterocycles. The number of anilines is 1. The number of phenolic OH excluding ortho intramolecular Hbond substituents is 1. The molecule has 166 valence electrons. The van der Waals surface area contributed by atoms with Gasteiger partial charge in [0.15, 0.2) is 5.11 Å². The number of nitrogens with zero attached hydrogens (tertiary/aromatic N) is 2. The van der Waals surface area contributed by atoms with E-state index in [-0.39, 0.29) is 11.8 Å². The molecule has 1 aliphatic rings. The zero-order valence-corrected chi connectivity index (χ0v) is 20.0. The molecule has 0 spiro atoms. The van der Waals surface area contributed by atoms with Crippen LogP contribution >= 0.6 is 47.0 Å². The summed E-state index contributed by atoms with van der Waals surface area (Å²) in [5.74, 6) is 1.29. The molecule has 0 bridgehead atoms. The summed E-state index contributed by atoms with van der Waals surface area (Å²) >= 11 is 24.2. The fourth-order valence-corrected chi connectivity index (χ4v) is 4.71. The van der Waals surface area contributed by atoms with Crippen LogP contribution in [0.2, 0.25) is 15.1 Å². The zero-order valence-electron chi connectivity index (χ0n) is 16.9. The van der Waals surface area contributed by atoms with E-state index in [0.29, 0.717) is 37.4 Å². The average Bonchev–Trinajstić information content (AvgIpc) is 3.42. The quantitative estimate of drug-likeness (QED) is 0.280. The summed E-state index contributed by atoms with van der Waals surface area (Å²) in [6.45, 7) is 0. The summed E-state index contributed by atoms with van der Waals surface area (Å²) in [5, 5.41) is 15.7. The molecule has 0 aliphatic carbocycles. The Kier molecular flexibility index (Phi) is 5.93. The van der Waals surface area contributed by atoms with E-state index >= 15 is 0 Å². The van der Waals surface area contributed by atoms with E-state index in [4.69, 9.17) is 51.4 Å². The van der Waals surface area contributed by atoms with E-state index in [2.05, 4.69) is 10.3 Å². The molecule has 1 fully saturated rings. The van der Waals surface area contributed by atoms with Gasteiger partial charge in [-0.05, 0) is 72.9 Å². The monoisotopic (exact) mass is 515 g/mol. The van der Waals surface area contributed by atoms with Crippen LogP contribution in [0.15, 0.2) is 77.3 Å². The third-order valence-electron chi connectivity index (χ3n) is 5.42. The highest BCUT2D eigenvalue weighted by atomic mass is 35.5. The van der Waals surface area contributed by atoms with Gasteiger partial charge in [0.25, 0.3) is 0 Å². The van der Waals surface area contributed by atoms with E-state index in [1.807, 2.05) is 36.4 Å². The van der Waals surface area contributed by atoms with Crippen LogP contribution in [-0.2, 0) is 0 Å². The Hall–Kier alpha value is -2.77. The van der Waals surface area contributed by atoms with Crippen LogP contribution in [0.1, 0.15) is 23.5 Å². The number of hydrogen-bond acceptors (Lipinski definition) is 4. The van der Waals surface area contributed by atoms with Gasteiger partial charge in [-0.25, -0.2) is 0 Å². The first kappa shape index (κ1) is 22.0. The average molecular weight is 517 g/mol. The highest BCUT2D eigenvalue weighted by molar-refractivity contribution is 7.80. The van der Waals surface area contributed by atoms with E-state index in [0.717, 1.165) is 11.3 Å². The van der Waals surface area contributed by atoms with Crippen molar-refractivity contribution in [3.05, 3.63) is 99.4 Å². The van der Waals surface area contributed by atoms with Gasteiger partial charge >= 0.3 is 0 Å². The lowest BCUT2D eigenvalue weighted by Crippen LogP contribution is -2.29. The van der Waals surface area contributed by atoms with E-state index in [1.165, 1.54) is 6.07 Å². The van der Waals surface area contributed by atoms with Gasteiger partial charge in [-0.2, -0.15) is 0 Å². The normalized spacial score (nSPS) is 17.9. The number of pyridine rings is 1. The number of nitrogens with one attached hydrogen (secondary N) is 1. The van der Waals surface area contributed by atoms with Crippen LogP contribution in [-0.4, -0.2) is 15.2 Å². The lowest BCUT2D eigenvalue weighted by Gasteiger charge is -2.26. The Labute approximate surface area is 210 Å². The zero-order chi connectivity index (χ0) is 23.1. The van der Waals surface area contributed by atoms with Crippen molar-refractivity contribution in [3.8, 4) is 17.1 Å². The lowest BCUT2D eigenvalue weighted by atomic mass is 10.0. The third kappa shape index (κ3) is 4.15. The number of aromatic hydroxyl groups is 1. The van der Waals surface area contributed by atoms with Crippen molar-refractivity contribution in [1.29, 1.82) is 0 Å². The Morgan fingerprint density at radius 3 is 2.58 bits per heavy atom. The Balaban J connectivity index is 1.62. The molecule has 1 saturated heterocycles. The summed E-state index contributed by atoms with van der Waals surface area (Å²) in [4.78, 5) is 6.31. The molecule has 5 rings (SSSR count). The first-order valence-corrected chi connectivity index (χ1v) is 11.5. The van der Waals surface area contributed by atoms with Crippen LogP contribution in [0.25, 0.3) is 11.3 Å². The Morgan fingerprint density at radius 2 is 1.82 bits per heavy atom. The molecular weight excluding hydrogens is 501 g/mol. The fraction of sp³-hybridized carbons (Fsp3) is 0.0833. The smallest absolute Gasteiger partial charge is 0.174 e. The van der Waals surface area contributed by atoms with Crippen LogP contribution in [0.4, 0.5) is 5.69 Å². The highest BCUT2D eigenvalue weighted by Gasteiger charge is 2.43. The fourth-order valence-electron chi connectivity index (χ4n) is 3.91. The molecule has 4 aromatic rings. The van der Waals surface area contributed by atoms with Crippen molar-refractivity contribution < 1.29 is 9.52 Å². The molecule has 9 heteroatoms. The Bertz CT molecular complexity index is 1350. The standard InChI is InChI=1S/C24H16Cl3N3O2S/c25-14-5-7-19(31)18(12-14)30-23(22(29-24(30)33)17-3-1-2-10-28-17)21-9-8-20(32-21)13-4-6-15(26)16(27)11-13/h1-12,22-23,31H,(H,29,33)/t22-,23+/m1/s1. The van der Waals surface area contributed by atoms with Gasteiger partial charge in [0.05, 0.1) is 27.5 Å². The number of thiocarbonyl (C=S) groups is 1. The molecule has 0 amide bonds. The number of phenols is 1. The molecular formula is C24H16Cl3N3O2S. The van der Waals surface area contributed by atoms with Gasteiger partial charge in [-0.3, -0.25) is 4.98 Å². The number of benzene rings is 2. The molecule has 3 heterocycles. The number of furan rings is 1. The third-order valence-corrected chi connectivity index (χ3v) is 6.71. The molecule has 33 heavy (non-hydrogen) atoms. The summed E-state index contributed by atoms with van der Waals surface area (Å²) in [6, 6.07) is 18.8. The van der Waals surface area contributed by atoms with Crippen molar-refractivity contribution in [1.82, 2.24) is 10.3 Å². The van der Waals surface area contributed by atoms with Crippen LogP contribution in [0.3, 0.4) is 0 Å². The highest BCUT2D eigenvalue weighted by Crippen LogP contribution is 2.46. The van der Waals surface area contributed by atoms with E-state index in [1.54, 1.807) is 35.4 Å². The Morgan fingerprint density at radius 1 is 0.970 bits per heavy atom. The molecule has 2 N–H and O–H groups in total. The van der Waals surface area contributed by atoms with Crippen molar-refractivity contribution in [2.75, 3.05) is 4.90 Å². The summed E-state index contributed by atoms with van der Waals surface area (Å²) in [5.41, 5.74) is 2.04. The second-order valence-corrected chi connectivity index (χ2v) is 9.10. The molecule has 2 atom stereocenters. The summed E-state index contributed by atoms with van der Waals surface area (Å²) in [6.07, 6.45) is 1.72. The van der Waals surface area contributed by atoms with E-state index < -0.39 is 6.04 Å². The topological polar surface area (TPSA) is 61.5 Å².